The van der Waals surface area contributed by atoms with Gasteiger partial charge in [-0.2, -0.15) is 26.3 Å². The standard InChI is InChI=1S/C23H22ClF3NO4PS.C20H18ClNO3.C4H8F3OPS/c1-5-15-10-13(2)11-16(24)18(15)19-21(32-33(4,34)30-12-23(25,26)27)14(3)20(31-22(19)29)17-8-6-7-9-28-17;1-4-13-9-11(2)10-14(21)16(13)17-18(23)12(3)19(25-20(17)24)15-7-5-6-8-22-15;1-9(2,10)8-3-4(5,6)7/h6-11H,5,12H2,1-4H3;5-10,23H,4H2,1-3H3;3H2,1-2H3. The molecule has 1 N–H and O–H groups in total. The summed E-state index contributed by atoms with van der Waals surface area (Å²) in [5.74, 6) is 0.201. The average Bonchev–Trinajstić information content (AvgIpc) is 3.26. The maximum Gasteiger partial charge on any atom is 0.412 e. The van der Waals surface area contributed by atoms with Crippen LogP contribution in [0.15, 0.2) is 91.5 Å². The minimum Gasteiger partial charge on any atom is -0.507 e. The SMILES string of the molecule is CCc1cc(C)cc(Cl)c1-c1c(O)c(C)c(-c2ccccn2)oc1=O.CCc1cc(C)cc(Cl)c1-c1c(OP(C)(=S)OCC(F)(F)F)c(C)c(-c2ccccn2)oc1=O.CP(C)(=S)OCC(F)(F)F. The number of alkyl halides is 6. The molecule has 6 rings (SSSR count). The van der Waals surface area contributed by atoms with E-state index in [1.807, 2.05) is 39.8 Å². The molecule has 372 valence electrons. The van der Waals surface area contributed by atoms with Gasteiger partial charge in [0.2, 0.25) is 6.49 Å². The number of rotatable bonds is 12. The number of aryl methyl sites for hydroxylation is 4. The molecule has 2 aromatic carbocycles. The fourth-order valence-corrected chi connectivity index (χ4v) is 9.37. The first-order valence-corrected chi connectivity index (χ1v) is 28.1. The van der Waals surface area contributed by atoms with E-state index in [-0.39, 0.29) is 39.2 Å². The zero-order chi connectivity index (χ0) is 51.8. The van der Waals surface area contributed by atoms with Crippen LogP contribution in [0.1, 0.15) is 47.2 Å². The Morgan fingerprint density at radius 2 is 1.07 bits per heavy atom. The number of pyridine rings is 2. The lowest BCUT2D eigenvalue weighted by atomic mass is 9.95. The Morgan fingerprint density at radius 3 is 1.46 bits per heavy atom. The second-order valence-electron chi connectivity index (χ2n) is 15.7. The summed E-state index contributed by atoms with van der Waals surface area (Å²) in [4.78, 5) is 34.4. The first-order chi connectivity index (χ1) is 32.0. The lowest BCUT2D eigenvalue weighted by Crippen LogP contribution is -2.17. The quantitative estimate of drug-likeness (QED) is 0.0923. The molecular formula is C47H48Cl2F6N2O8P2S2. The summed E-state index contributed by atoms with van der Waals surface area (Å²) >= 11 is 22.9. The lowest BCUT2D eigenvalue weighted by Gasteiger charge is -2.24. The van der Waals surface area contributed by atoms with Crippen molar-refractivity contribution in [3.63, 3.8) is 0 Å². The highest BCUT2D eigenvalue weighted by atomic mass is 35.5. The third-order valence-electron chi connectivity index (χ3n) is 9.59. The van der Waals surface area contributed by atoms with Crippen molar-refractivity contribution in [2.45, 2.75) is 66.7 Å². The molecule has 0 saturated carbocycles. The highest BCUT2D eigenvalue weighted by Crippen LogP contribution is 2.51. The van der Waals surface area contributed by atoms with Crippen molar-refractivity contribution in [1.82, 2.24) is 9.97 Å². The molecule has 0 bridgehead atoms. The molecule has 0 fully saturated rings. The Kier molecular flexibility index (Phi) is 19.6. The van der Waals surface area contributed by atoms with Gasteiger partial charge in [-0.1, -0.05) is 73.1 Å². The van der Waals surface area contributed by atoms with Crippen LogP contribution in [-0.4, -0.2) is 60.6 Å². The van der Waals surface area contributed by atoms with Crippen molar-refractivity contribution in [2.24, 2.45) is 0 Å². The predicted octanol–water partition coefficient (Wildman–Crippen LogP) is 14.2. The van der Waals surface area contributed by atoms with Crippen LogP contribution in [0.3, 0.4) is 0 Å². The summed E-state index contributed by atoms with van der Waals surface area (Å²) in [5, 5.41) is 11.4. The largest absolute Gasteiger partial charge is 0.507 e. The minimum atomic E-state index is -4.59. The van der Waals surface area contributed by atoms with E-state index in [2.05, 4.69) is 26.3 Å². The number of nitrogens with zero attached hydrogens (tertiary/aromatic N) is 2. The Balaban J connectivity index is 0.000000258. The van der Waals surface area contributed by atoms with Gasteiger partial charge in [0.25, 0.3) is 0 Å². The van der Waals surface area contributed by atoms with Crippen LogP contribution in [0.2, 0.25) is 10.0 Å². The maximum absolute atomic E-state index is 13.3. The summed E-state index contributed by atoms with van der Waals surface area (Å²) < 4.78 is 99.0. The molecule has 4 aromatic heterocycles. The van der Waals surface area contributed by atoms with Gasteiger partial charge in [0.05, 0.1) is 6.26 Å². The van der Waals surface area contributed by atoms with Gasteiger partial charge in [0.1, 0.15) is 40.6 Å². The normalized spacial score (nSPS) is 12.6. The van der Waals surface area contributed by atoms with Gasteiger partial charge in [-0.25, -0.2) is 9.59 Å². The van der Waals surface area contributed by atoms with Crippen molar-refractivity contribution < 1.29 is 53.9 Å². The molecule has 10 nitrogen and oxygen atoms in total. The van der Waals surface area contributed by atoms with Crippen LogP contribution in [0.25, 0.3) is 45.2 Å². The van der Waals surface area contributed by atoms with Crippen LogP contribution in [0.4, 0.5) is 26.3 Å². The van der Waals surface area contributed by atoms with Gasteiger partial charge in [-0.05, 0) is 124 Å². The summed E-state index contributed by atoms with van der Waals surface area (Å²) in [6, 6.07) is 17.6. The van der Waals surface area contributed by atoms with Crippen molar-refractivity contribution >= 4 is 59.6 Å². The van der Waals surface area contributed by atoms with E-state index in [0.717, 1.165) is 22.3 Å². The highest BCUT2D eigenvalue weighted by molar-refractivity contribution is 8.11. The molecule has 0 saturated heterocycles. The van der Waals surface area contributed by atoms with Crippen LogP contribution < -0.4 is 15.8 Å². The summed E-state index contributed by atoms with van der Waals surface area (Å²) in [5.41, 5.74) is 4.68. The zero-order valence-corrected chi connectivity index (χ0v) is 43.6. The van der Waals surface area contributed by atoms with E-state index in [1.54, 1.807) is 68.6 Å². The third kappa shape index (κ3) is 16.1. The molecule has 1 atom stereocenters. The molecule has 0 aliphatic rings. The van der Waals surface area contributed by atoms with E-state index in [9.17, 15) is 41.0 Å². The van der Waals surface area contributed by atoms with E-state index >= 15 is 0 Å². The molecule has 22 heteroatoms. The molecule has 6 aromatic rings. The number of hydrogen-bond acceptors (Lipinski definition) is 12. The Morgan fingerprint density at radius 1 is 0.652 bits per heavy atom. The molecule has 0 aliphatic heterocycles. The highest BCUT2D eigenvalue weighted by Gasteiger charge is 2.34. The van der Waals surface area contributed by atoms with Gasteiger partial charge >= 0.3 is 23.6 Å². The van der Waals surface area contributed by atoms with Gasteiger partial charge in [0.15, 0.2) is 18.1 Å². The molecule has 4 heterocycles. The second-order valence-corrected chi connectivity index (χ2v) is 25.9. The first kappa shape index (κ1) is 57.2. The van der Waals surface area contributed by atoms with Gasteiger partial charge in [0, 0.05) is 51.4 Å². The van der Waals surface area contributed by atoms with E-state index < -0.39 is 49.6 Å². The fourth-order valence-electron chi connectivity index (χ4n) is 6.61. The van der Waals surface area contributed by atoms with Gasteiger partial charge < -0.3 is 27.5 Å². The van der Waals surface area contributed by atoms with E-state index in [4.69, 9.17) is 52.9 Å². The smallest absolute Gasteiger partial charge is 0.412 e. The number of aromatic hydroxyl groups is 1. The molecule has 0 aliphatic carbocycles. The molecule has 69 heavy (non-hydrogen) atoms. The van der Waals surface area contributed by atoms with Crippen molar-refractivity contribution in [3.05, 3.63) is 137 Å². The Labute approximate surface area is 415 Å². The molecule has 1 unspecified atom stereocenters. The molecule has 0 radical (unpaired) electrons. The van der Waals surface area contributed by atoms with Gasteiger partial charge in [-0.15, -0.1) is 0 Å². The van der Waals surface area contributed by atoms with Crippen LogP contribution in [-0.2, 0) is 45.5 Å². The zero-order valence-electron chi connectivity index (χ0n) is 38.7. The first-order valence-electron chi connectivity index (χ1n) is 20.7. The topological polar surface area (TPSA) is 134 Å². The van der Waals surface area contributed by atoms with E-state index in [0.29, 0.717) is 51.5 Å². The van der Waals surface area contributed by atoms with Crippen LogP contribution >= 0.6 is 36.0 Å². The van der Waals surface area contributed by atoms with Crippen LogP contribution in [0, 0.1) is 27.7 Å². The van der Waals surface area contributed by atoms with Gasteiger partial charge in [-0.3, -0.25) is 9.97 Å². The summed E-state index contributed by atoms with van der Waals surface area (Å²) in [7, 11) is 0. The second kappa shape index (κ2) is 23.7. The third-order valence-corrected chi connectivity index (χ3v) is 12.9. The average molecular weight is 1080 g/mol. The predicted molar refractivity (Wildman–Crippen MR) is 268 cm³/mol. The Hall–Kier alpha value is -4.38. The Bertz CT molecular complexity index is 3010. The van der Waals surface area contributed by atoms with Crippen molar-refractivity contribution in [2.75, 3.05) is 33.2 Å². The molecular weight excluding hydrogens is 1030 g/mol. The number of hydrogen-bond donors (Lipinski definition) is 1. The molecule has 0 amide bonds. The van der Waals surface area contributed by atoms with E-state index in [1.165, 1.54) is 26.2 Å². The summed E-state index contributed by atoms with van der Waals surface area (Å²) in [6.07, 6.45) is -6.67. The minimum absolute atomic E-state index is 0.0225. The summed E-state index contributed by atoms with van der Waals surface area (Å²) in [6.45, 7) is 8.96. The number of benzene rings is 2. The fraction of sp³-hybridized carbons (Fsp3) is 0.319. The number of halogens is 8. The lowest BCUT2D eigenvalue weighted by molar-refractivity contribution is -0.153. The number of aromatic nitrogens is 2. The monoisotopic (exact) mass is 1080 g/mol. The van der Waals surface area contributed by atoms with Crippen molar-refractivity contribution in [3.8, 4) is 56.7 Å². The maximum atomic E-state index is 13.3. The molecule has 0 spiro atoms. The van der Waals surface area contributed by atoms with Crippen LogP contribution in [0.5, 0.6) is 11.5 Å². The van der Waals surface area contributed by atoms with Crippen molar-refractivity contribution in [1.29, 1.82) is 0 Å².